The van der Waals surface area contributed by atoms with Gasteiger partial charge in [0.15, 0.2) is 5.58 Å². The highest BCUT2D eigenvalue weighted by atomic mass is 35.5. The lowest BCUT2D eigenvalue weighted by atomic mass is 9.95. The predicted molar refractivity (Wildman–Crippen MR) is 538 cm³/mol. The van der Waals surface area contributed by atoms with Crippen LogP contribution in [-0.2, 0) is 0 Å². The van der Waals surface area contributed by atoms with Gasteiger partial charge in [0.2, 0.25) is 0 Å². The van der Waals surface area contributed by atoms with Gasteiger partial charge in [-0.1, -0.05) is 283 Å². The van der Waals surface area contributed by atoms with Crippen molar-refractivity contribution >= 4 is 241 Å². The SMILES string of the molecule is Clc1cc(-c2ccc3c(c2)oc2ccccc23)c2oc3ccccc3c2c1.Clc1ccc2c(c1)sc1ccc(-c3ccc4c(c3)c3ccccc3n4-c3ccccc3)cc12.Clc1ccc2c3c(-c4cccc5c4c4ccccc4n5-c4ccccc4)cccc3n(-c3ccccc3)c2c1.Clc1cccc2c1oc1ccc(-c3cccc4c3sc3ccccc34)cc12. The van der Waals surface area contributed by atoms with Crippen molar-refractivity contribution in [3.05, 3.63) is 427 Å². The van der Waals surface area contributed by atoms with Crippen LogP contribution in [0.1, 0.15) is 0 Å². The van der Waals surface area contributed by atoms with E-state index in [0.717, 1.165) is 104 Å². The van der Waals surface area contributed by atoms with Gasteiger partial charge in [-0.25, -0.2) is 0 Å². The zero-order chi connectivity index (χ0) is 83.8. The largest absolute Gasteiger partial charge is 0.456 e. The van der Waals surface area contributed by atoms with Crippen molar-refractivity contribution in [2.24, 2.45) is 0 Å². The molecule has 27 rings (SSSR count). The Bertz CT molecular complexity index is 9060. The minimum absolute atomic E-state index is 0.650. The van der Waals surface area contributed by atoms with E-state index in [2.05, 4.69) is 341 Å². The molecule has 0 aliphatic rings. The van der Waals surface area contributed by atoms with Gasteiger partial charge in [-0.05, 0) is 209 Å². The van der Waals surface area contributed by atoms with Crippen molar-refractivity contribution in [3.8, 4) is 61.6 Å². The molecule has 126 heavy (non-hydrogen) atoms. The molecule has 0 aliphatic carbocycles. The molecule has 0 N–H and O–H groups in total. The Kier molecular flexibility index (Phi) is 18.4. The van der Waals surface area contributed by atoms with Gasteiger partial charge < -0.3 is 27.0 Å². The summed E-state index contributed by atoms with van der Waals surface area (Å²) in [6, 6.07) is 142. The highest BCUT2D eigenvalue weighted by Crippen LogP contribution is 2.49. The van der Waals surface area contributed by atoms with Crippen molar-refractivity contribution in [3.63, 3.8) is 0 Å². The second-order valence-electron chi connectivity index (χ2n) is 31.7. The number of aromatic nitrogens is 3. The molecule has 0 saturated carbocycles. The summed E-state index contributed by atoms with van der Waals surface area (Å²) < 4.78 is 30.4. The summed E-state index contributed by atoms with van der Waals surface area (Å²) in [4.78, 5) is 0. The van der Waals surface area contributed by atoms with Crippen LogP contribution in [0.15, 0.2) is 420 Å². The van der Waals surface area contributed by atoms with Crippen LogP contribution < -0.4 is 0 Å². The van der Waals surface area contributed by atoms with Crippen molar-refractivity contribution in [2.45, 2.75) is 0 Å². The van der Waals surface area contributed by atoms with Gasteiger partial charge >= 0.3 is 0 Å². The second-order valence-corrected chi connectivity index (χ2v) is 35.6. The second kappa shape index (κ2) is 30.8. The summed E-state index contributed by atoms with van der Waals surface area (Å²) in [6.45, 7) is 0. The van der Waals surface area contributed by atoms with Crippen molar-refractivity contribution in [2.75, 3.05) is 0 Å². The standard InChI is InChI=1S/C36H23ClN2.C30H18ClNS.C24H13ClO2.C24H13ClOS/c37-24-21-22-30-34(23-24)39(26-13-5-2-6-14-26)33-20-10-17-28(36(30)33)27-16-9-19-32-35(27)29-15-7-8-18-31(29)38(32)25-11-3-1-4-12-25;31-21-12-13-24-26-17-20(11-15-29(26)33-30(24)18-21)19-10-14-28-25(16-19)23-8-4-5-9-27(23)32(28)22-6-2-1-3-7-22;25-15-12-19(24-20(13-15)17-6-2-4-8-22(17)27-24)14-9-10-18-16-5-1-3-7-21(16)26-23(18)11-14;25-20-9-4-7-17-19-13-14(11-12-21(19)26-23(17)20)15-6-3-8-18-16-5-1-2-10-22(16)27-24(15)18/h1-23H;1-18H;2*1-13H. The van der Waals surface area contributed by atoms with E-state index in [1.807, 2.05) is 90.2 Å². The lowest BCUT2D eigenvalue weighted by Crippen LogP contribution is -1.93. The highest BCUT2D eigenvalue weighted by molar-refractivity contribution is 7.26. The predicted octanol–water partition coefficient (Wildman–Crippen LogP) is 35.8. The number of thiophene rings is 2. The first-order chi connectivity index (χ1) is 62.1. The minimum Gasteiger partial charge on any atom is -0.456 e. The van der Waals surface area contributed by atoms with Gasteiger partial charge in [0.1, 0.15) is 27.9 Å². The normalized spacial score (nSPS) is 11.8. The Labute approximate surface area is 749 Å². The summed E-state index contributed by atoms with van der Waals surface area (Å²) in [5, 5.41) is 22.0. The van der Waals surface area contributed by atoms with Gasteiger partial charge in [-0.2, -0.15) is 0 Å². The maximum atomic E-state index is 6.55. The molecular formula is C114H67Cl4N3O3S2. The van der Waals surface area contributed by atoms with Crippen LogP contribution in [0.25, 0.3) is 233 Å². The summed E-state index contributed by atoms with van der Waals surface area (Å²) in [5.74, 6) is 0. The Balaban J connectivity index is 0.0000000950. The highest BCUT2D eigenvalue weighted by Gasteiger charge is 2.24. The van der Waals surface area contributed by atoms with E-state index in [-0.39, 0.29) is 0 Å². The summed E-state index contributed by atoms with van der Waals surface area (Å²) in [7, 11) is 0. The fourth-order valence-corrected chi connectivity index (χ4v) is 22.2. The Morgan fingerprint density at radius 3 is 1.37 bits per heavy atom. The molecule has 0 bridgehead atoms. The zero-order valence-corrected chi connectivity index (χ0v) is 71.7. The van der Waals surface area contributed by atoms with E-state index < -0.39 is 0 Å². The number of fused-ring (bicyclic) bond motifs is 24. The van der Waals surface area contributed by atoms with Gasteiger partial charge in [0.25, 0.3) is 0 Å². The van der Waals surface area contributed by atoms with E-state index in [0.29, 0.717) is 10.0 Å². The molecular weight excluding hydrogens is 1670 g/mol. The molecule has 0 amide bonds. The summed E-state index contributed by atoms with van der Waals surface area (Å²) in [6.07, 6.45) is 0. The average molecular weight is 1730 g/mol. The topological polar surface area (TPSA) is 54.2 Å². The molecule has 8 aromatic heterocycles. The van der Waals surface area contributed by atoms with Gasteiger partial charge in [0.05, 0.1) is 38.1 Å². The Hall–Kier alpha value is -14.4. The third-order valence-corrected chi connectivity index (χ3v) is 27.9. The fourth-order valence-electron chi connectivity index (χ4n) is 19.0. The first kappa shape index (κ1) is 75.3. The van der Waals surface area contributed by atoms with Crippen LogP contribution in [0.2, 0.25) is 20.1 Å². The zero-order valence-electron chi connectivity index (χ0n) is 67.1. The molecule has 12 heteroatoms. The third kappa shape index (κ3) is 12.7. The number of halogens is 4. The number of hydrogen-bond acceptors (Lipinski definition) is 5. The molecule has 0 radical (unpaired) electrons. The van der Waals surface area contributed by atoms with Crippen LogP contribution in [0.5, 0.6) is 0 Å². The number of rotatable bonds is 7. The van der Waals surface area contributed by atoms with E-state index >= 15 is 0 Å². The van der Waals surface area contributed by atoms with Crippen LogP contribution in [-0.4, -0.2) is 13.7 Å². The van der Waals surface area contributed by atoms with Gasteiger partial charge in [0, 0.05) is 143 Å². The van der Waals surface area contributed by atoms with E-state index in [9.17, 15) is 0 Å². The molecule has 596 valence electrons. The van der Waals surface area contributed by atoms with E-state index in [1.165, 1.54) is 139 Å². The molecule has 6 nitrogen and oxygen atoms in total. The quantitative estimate of drug-likeness (QED) is 0.160. The number of furan rings is 3. The number of benzene rings is 19. The van der Waals surface area contributed by atoms with Crippen molar-refractivity contribution < 1.29 is 13.3 Å². The van der Waals surface area contributed by atoms with Crippen molar-refractivity contribution in [1.29, 1.82) is 0 Å². The van der Waals surface area contributed by atoms with Gasteiger partial charge in [-0.15, -0.1) is 22.7 Å². The lowest BCUT2D eigenvalue weighted by Gasteiger charge is -2.10. The van der Waals surface area contributed by atoms with Crippen LogP contribution >= 0.6 is 69.1 Å². The first-order valence-corrected chi connectivity index (χ1v) is 44.9. The number of hydrogen-bond donors (Lipinski definition) is 0. The summed E-state index contributed by atoms with van der Waals surface area (Å²) >= 11 is 29.2. The minimum atomic E-state index is 0.650. The van der Waals surface area contributed by atoms with Crippen LogP contribution in [0.3, 0.4) is 0 Å². The van der Waals surface area contributed by atoms with E-state index in [4.69, 9.17) is 59.7 Å². The Morgan fingerprint density at radius 2 is 0.651 bits per heavy atom. The monoisotopic (exact) mass is 1730 g/mol. The fraction of sp³-hybridized carbons (Fsp3) is 0. The van der Waals surface area contributed by atoms with E-state index in [1.54, 1.807) is 11.3 Å². The Morgan fingerprint density at radius 1 is 0.198 bits per heavy atom. The molecule has 27 aromatic rings. The summed E-state index contributed by atoms with van der Waals surface area (Å²) in [5.41, 5.74) is 25.0. The number of nitrogens with zero attached hydrogens (tertiary/aromatic N) is 3. The molecule has 8 heterocycles. The lowest BCUT2D eigenvalue weighted by molar-refractivity contribution is 0.668. The molecule has 0 aliphatic heterocycles. The molecule has 0 fully saturated rings. The number of para-hydroxylation sites is 8. The van der Waals surface area contributed by atoms with Crippen molar-refractivity contribution in [1.82, 2.24) is 13.7 Å². The molecule has 0 spiro atoms. The third-order valence-electron chi connectivity index (χ3n) is 24.5. The smallest absolute Gasteiger partial charge is 0.153 e. The maximum absolute atomic E-state index is 6.55. The van der Waals surface area contributed by atoms with Crippen LogP contribution in [0.4, 0.5) is 0 Å². The maximum Gasteiger partial charge on any atom is 0.153 e. The molecule has 0 saturated heterocycles. The molecule has 0 unspecified atom stereocenters. The van der Waals surface area contributed by atoms with Gasteiger partial charge in [-0.3, -0.25) is 0 Å². The van der Waals surface area contributed by atoms with Crippen LogP contribution in [0, 0.1) is 0 Å². The molecule has 19 aromatic carbocycles. The average Bonchev–Trinajstić information content (AvgIpc) is 1.56. The first-order valence-electron chi connectivity index (χ1n) is 41.7. The molecule has 0 atom stereocenters.